The van der Waals surface area contributed by atoms with E-state index in [4.69, 9.17) is 14.1 Å². The predicted molar refractivity (Wildman–Crippen MR) is 281 cm³/mol. The van der Waals surface area contributed by atoms with Crippen molar-refractivity contribution in [1.29, 1.82) is 0 Å². The number of imidazole rings is 1. The Hall–Kier alpha value is -8.31. The van der Waals surface area contributed by atoms with Crippen LogP contribution in [0.1, 0.15) is 26.3 Å². The summed E-state index contributed by atoms with van der Waals surface area (Å²) in [6.45, 7) is 6.67. The minimum absolute atomic E-state index is 0. The van der Waals surface area contributed by atoms with E-state index in [1.165, 1.54) is 16.7 Å². The fourth-order valence-electron chi connectivity index (χ4n) is 10.7. The fraction of sp³-hybridized carbons (Fsp3) is 0.0625. The van der Waals surface area contributed by atoms with E-state index in [0.717, 1.165) is 105 Å². The van der Waals surface area contributed by atoms with E-state index in [-0.39, 0.29) is 26.5 Å². The molecule has 0 fully saturated rings. The van der Waals surface area contributed by atoms with Crippen LogP contribution < -0.4 is 9.30 Å². The Balaban J connectivity index is 0.00000492. The van der Waals surface area contributed by atoms with Crippen LogP contribution in [0, 0.1) is 18.5 Å². The van der Waals surface area contributed by atoms with Gasteiger partial charge < -0.3 is 18.3 Å². The minimum atomic E-state index is -0.0910. The second-order valence-electron chi connectivity index (χ2n) is 19.1. The molecular weight excluding hydrogens is 1050 g/mol. The summed E-state index contributed by atoms with van der Waals surface area (Å²) in [6.07, 6.45) is 5.78. The predicted octanol–water partition coefficient (Wildman–Crippen LogP) is 15.8. The van der Waals surface area contributed by atoms with Gasteiger partial charge in [0.2, 0.25) is 0 Å². The number of furan rings is 1. The van der Waals surface area contributed by atoms with Gasteiger partial charge in [0.25, 0.3) is 6.33 Å². The second kappa shape index (κ2) is 16.4. The maximum atomic E-state index is 6.80. The zero-order valence-electron chi connectivity index (χ0n) is 39.0. The molecule has 7 heteroatoms. The van der Waals surface area contributed by atoms with Crippen molar-refractivity contribution in [3.05, 3.63) is 224 Å². The van der Waals surface area contributed by atoms with Crippen LogP contribution >= 0.6 is 0 Å². The second-order valence-corrected chi connectivity index (χ2v) is 19.1. The third-order valence-electron chi connectivity index (χ3n) is 14.0. The van der Waals surface area contributed by atoms with Gasteiger partial charge in [-0.3, -0.25) is 4.57 Å². The molecule has 0 radical (unpaired) electrons. The van der Waals surface area contributed by atoms with Crippen molar-refractivity contribution >= 4 is 54.8 Å². The number of pyridine rings is 1. The van der Waals surface area contributed by atoms with E-state index in [1.807, 2.05) is 36.5 Å². The van der Waals surface area contributed by atoms with E-state index in [9.17, 15) is 0 Å². The molecule has 6 nitrogen and oxygen atoms in total. The Morgan fingerprint density at radius 1 is 0.549 bits per heavy atom. The number of para-hydroxylation sites is 3. The standard InChI is InChI=1S/C64H42N4O2.Pt/c1-64(2,3)41-34-35-65-59(36-41)68-57-38-44(30-31-50(57)54-32-33-55-51-24-11-12-29-58(51)70-63(55)62(54)68)69-43-19-13-18-42(37-43)66-39-67-60-45(40-16-5-4-6-17-40)25-14-26-52(60)48-22-9-7-20-46(48)47-21-8-10-23-49(47)53-27-15-28-56(66)61(53)67;/h4-36H,1-3H3;/q-2;. The molecule has 0 spiro atoms. The summed E-state index contributed by atoms with van der Waals surface area (Å²) in [5, 5.41) is 4.19. The Labute approximate surface area is 424 Å². The summed E-state index contributed by atoms with van der Waals surface area (Å²) in [4.78, 5) is 4.98. The van der Waals surface area contributed by atoms with Gasteiger partial charge in [0.1, 0.15) is 11.4 Å². The summed E-state index contributed by atoms with van der Waals surface area (Å²) in [5.41, 5.74) is 17.5. The number of hydrogen-bond acceptors (Lipinski definition) is 3. The van der Waals surface area contributed by atoms with E-state index >= 15 is 0 Å². The number of aromatic nitrogens is 4. The molecule has 5 heterocycles. The number of hydrogen-bond donors (Lipinski definition) is 0. The average Bonchev–Trinajstić information content (AvgIpc) is 4.09. The molecule has 0 aliphatic carbocycles. The molecule has 0 amide bonds. The Kier molecular flexibility index (Phi) is 9.88. The summed E-state index contributed by atoms with van der Waals surface area (Å²) < 4.78 is 20.1. The van der Waals surface area contributed by atoms with Crippen molar-refractivity contribution in [2.24, 2.45) is 0 Å². The number of benzene rings is 9. The first kappa shape index (κ1) is 42.8. The van der Waals surface area contributed by atoms with Gasteiger partial charge >= 0.3 is 0 Å². The molecule has 14 rings (SSSR count). The molecule has 342 valence electrons. The first-order valence-electron chi connectivity index (χ1n) is 23.7. The van der Waals surface area contributed by atoms with Gasteiger partial charge in [-0.05, 0) is 84.8 Å². The third kappa shape index (κ3) is 6.73. The van der Waals surface area contributed by atoms with Gasteiger partial charge in [-0.25, -0.2) is 4.98 Å². The smallest absolute Gasteiger partial charge is 0.268 e. The normalized spacial score (nSPS) is 12.0. The van der Waals surface area contributed by atoms with Crippen LogP contribution in [-0.2, 0) is 26.5 Å². The molecular formula is C64H42N4O2Pt-2. The van der Waals surface area contributed by atoms with E-state index in [1.54, 1.807) is 0 Å². The van der Waals surface area contributed by atoms with Crippen molar-refractivity contribution in [3.63, 3.8) is 0 Å². The largest absolute Gasteiger partial charge is 0.510 e. The van der Waals surface area contributed by atoms with E-state index in [2.05, 4.69) is 217 Å². The summed E-state index contributed by atoms with van der Waals surface area (Å²) in [5.74, 6) is 1.88. The van der Waals surface area contributed by atoms with E-state index in [0.29, 0.717) is 11.5 Å². The molecule has 71 heavy (non-hydrogen) atoms. The van der Waals surface area contributed by atoms with Crippen LogP contribution in [0.2, 0.25) is 0 Å². The third-order valence-corrected chi connectivity index (χ3v) is 14.0. The minimum Gasteiger partial charge on any atom is -0.510 e. The van der Waals surface area contributed by atoms with Gasteiger partial charge in [-0.15, -0.1) is 29.7 Å². The first-order chi connectivity index (χ1) is 34.4. The SMILES string of the molecule is CC(C)(C)c1ccnc(-n2c3[c-]c(Oc4[c-]c(-n5[c-][n+]6c7c(cccc75)-c5ccccc5-c5ccccc5-c5cccc(-c7ccccc7)c5-6)ccc4)ccc3c3ccc4c5ccccc5oc4c32)c1.[Pt]. The van der Waals surface area contributed by atoms with Crippen LogP contribution in [0.3, 0.4) is 0 Å². The maximum absolute atomic E-state index is 6.80. The van der Waals surface area contributed by atoms with Gasteiger partial charge in [-0.1, -0.05) is 172 Å². The number of nitrogens with zero attached hydrogens (tertiary/aromatic N) is 4. The van der Waals surface area contributed by atoms with Gasteiger partial charge in [-0.2, -0.15) is 18.2 Å². The number of fused-ring (bicyclic) bond motifs is 14. The molecule has 0 saturated heterocycles. The van der Waals surface area contributed by atoms with Crippen LogP contribution in [0.15, 0.2) is 205 Å². The molecule has 1 aliphatic heterocycles. The van der Waals surface area contributed by atoms with Gasteiger partial charge in [0.05, 0.1) is 22.2 Å². The zero-order valence-corrected chi connectivity index (χ0v) is 41.2. The van der Waals surface area contributed by atoms with Crippen LogP contribution in [0.4, 0.5) is 0 Å². The molecule has 1 aliphatic rings. The quantitative estimate of drug-likeness (QED) is 0.127. The molecule has 13 aromatic rings. The zero-order chi connectivity index (χ0) is 46.7. The maximum Gasteiger partial charge on any atom is 0.268 e. The molecule has 0 unspecified atom stereocenters. The first-order valence-corrected chi connectivity index (χ1v) is 23.7. The van der Waals surface area contributed by atoms with Crippen LogP contribution in [0.5, 0.6) is 11.5 Å². The van der Waals surface area contributed by atoms with Gasteiger partial charge in [0.15, 0.2) is 5.58 Å². The van der Waals surface area contributed by atoms with Crippen molar-refractivity contribution in [2.45, 2.75) is 26.2 Å². The molecule has 0 N–H and O–H groups in total. The number of ether oxygens (including phenoxy) is 1. The fourth-order valence-corrected chi connectivity index (χ4v) is 10.7. The number of rotatable bonds is 5. The van der Waals surface area contributed by atoms with Crippen LogP contribution in [0.25, 0.3) is 116 Å². The van der Waals surface area contributed by atoms with Crippen molar-refractivity contribution in [1.82, 2.24) is 14.1 Å². The van der Waals surface area contributed by atoms with E-state index < -0.39 is 0 Å². The molecule has 9 aromatic carbocycles. The van der Waals surface area contributed by atoms with Crippen LogP contribution in [-0.4, -0.2) is 14.1 Å². The molecule has 0 bridgehead atoms. The van der Waals surface area contributed by atoms with Crippen molar-refractivity contribution in [2.75, 3.05) is 0 Å². The Morgan fingerprint density at radius 3 is 1.99 bits per heavy atom. The summed E-state index contributed by atoms with van der Waals surface area (Å²) in [6, 6.07) is 75.7. The van der Waals surface area contributed by atoms with Gasteiger partial charge in [0, 0.05) is 49.5 Å². The molecule has 4 aromatic heterocycles. The summed E-state index contributed by atoms with van der Waals surface area (Å²) in [7, 11) is 0. The average molecular weight is 1090 g/mol. The summed E-state index contributed by atoms with van der Waals surface area (Å²) >= 11 is 0. The topological polar surface area (TPSA) is 49.0 Å². The van der Waals surface area contributed by atoms with Crippen molar-refractivity contribution in [3.8, 4) is 73.2 Å². The molecule has 0 saturated carbocycles. The van der Waals surface area contributed by atoms with Crippen molar-refractivity contribution < 1.29 is 34.8 Å². The molecule has 0 atom stereocenters. The monoisotopic (exact) mass is 1090 g/mol. The Bertz CT molecular complexity index is 4270. The Morgan fingerprint density at radius 2 is 1.18 bits per heavy atom.